The van der Waals surface area contributed by atoms with Crippen LogP contribution in [-0.4, -0.2) is 36.4 Å². The standard InChI is InChI=1S/C22H27N3O2/c1-14-6-8-18-16(11-14)17-12-15(7-9-19(17)24-18)22(26)23-13-20(25(2)3)21-5-4-10-27-21/h4-5,7,9-10,12,14,20,24H,6,8,11,13H2,1-3H3,(H,23,26)/t14-,20+/m0/s1. The fraction of sp³-hybridized carbons (Fsp3) is 0.409. The van der Waals surface area contributed by atoms with Crippen molar-refractivity contribution in [2.24, 2.45) is 5.92 Å². The molecule has 3 aromatic rings. The second-order valence-electron chi connectivity index (χ2n) is 7.90. The van der Waals surface area contributed by atoms with Gasteiger partial charge in [-0.2, -0.15) is 0 Å². The highest BCUT2D eigenvalue weighted by Gasteiger charge is 2.21. The molecule has 0 radical (unpaired) electrons. The molecular formula is C22H27N3O2. The van der Waals surface area contributed by atoms with Crippen LogP contribution in [0.4, 0.5) is 0 Å². The lowest BCUT2D eigenvalue weighted by Gasteiger charge is -2.22. The molecular weight excluding hydrogens is 338 g/mol. The minimum absolute atomic E-state index is 0.00792. The quantitative estimate of drug-likeness (QED) is 0.720. The Hall–Kier alpha value is -2.53. The van der Waals surface area contributed by atoms with Crippen molar-refractivity contribution in [3.63, 3.8) is 0 Å². The lowest BCUT2D eigenvalue weighted by Crippen LogP contribution is -2.34. The van der Waals surface area contributed by atoms with Crippen LogP contribution in [0.5, 0.6) is 0 Å². The molecule has 0 unspecified atom stereocenters. The molecule has 142 valence electrons. The number of carbonyl (C=O) groups excluding carboxylic acids is 1. The van der Waals surface area contributed by atoms with Gasteiger partial charge in [0.05, 0.1) is 12.3 Å². The van der Waals surface area contributed by atoms with Gasteiger partial charge in [0, 0.05) is 28.7 Å². The van der Waals surface area contributed by atoms with E-state index in [-0.39, 0.29) is 11.9 Å². The number of carbonyl (C=O) groups is 1. The number of H-pyrrole nitrogens is 1. The molecule has 2 heterocycles. The molecule has 2 N–H and O–H groups in total. The number of aryl methyl sites for hydroxylation is 1. The van der Waals surface area contributed by atoms with Crippen LogP contribution in [0.25, 0.3) is 10.9 Å². The summed E-state index contributed by atoms with van der Waals surface area (Å²) < 4.78 is 5.52. The number of nitrogens with zero attached hydrogens (tertiary/aromatic N) is 1. The van der Waals surface area contributed by atoms with Crippen LogP contribution in [0.1, 0.15) is 46.8 Å². The molecule has 1 amide bonds. The van der Waals surface area contributed by atoms with Crippen LogP contribution >= 0.6 is 0 Å². The number of furan rings is 1. The highest BCUT2D eigenvalue weighted by atomic mass is 16.3. The number of hydrogen-bond donors (Lipinski definition) is 2. The first-order valence-corrected chi connectivity index (χ1v) is 9.64. The van der Waals surface area contributed by atoms with Gasteiger partial charge in [-0.1, -0.05) is 6.92 Å². The Kier molecular flexibility index (Phi) is 4.79. The molecule has 1 aliphatic rings. The topological polar surface area (TPSA) is 61.3 Å². The number of nitrogens with one attached hydrogen (secondary N) is 2. The van der Waals surface area contributed by atoms with Gasteiger partial charge >= 0.3 is 0 Å². The van der Waals surface area contributed by atoms with Crippen LogP contribution in [0.3, 0.4) is 0 Å². The predicted molar refractivity (Wildman–Crippen MR) is 107 cm³/mol. The zero-order valence-corrected chi connectivity index (χ0v) is 16.2. The van der Waals surface area contributed by atoms with Crippen LogP contribution in [0.15, 0.2) is 41.0 Å². The maximum absolute atomic E-state index is 12.8. The molecule has 2 atom stereocenters. The average Bonchev–Trinajstić information content (AvgIpc) is 3.29. The fourth-order valence-corrected chi connectivity index (χ4v) is 4.04. The Morgan fingerprint density at radius 1 is 1.37 bits per heavy atom. The Balaban J connectivity index is 1.53. The normalized spacial score (nSPS) is 17.9. The average molecular weight is 365 g/mol. The molecule has 1 aliphatic carbocycles. The van der Waals surface area contributed by atoms with Gasteiger partial charge < -0.3 is 14.7 Å². The highest BCUT2D eigenvalue weighted by Crippen LogP contribution is 2.32. The highest BCUT2D eigenvalue weighted by molar-refractivity contribution is 5.99. The van der Waals surface area contributed by atoms with E-state index >= 15 is 0 Å². The van der Waals surface area contributed by atoms with E-state index in [9.17, 15) is 4.79 Å². The van der Waals surface area contributed by atoms with E-state index in [0.717, 1.165) is 24.1 Å². The maximum Gasteiger partial charge on any atom is 0.251 e. The Bertz CT molecular complexity index is 940. The SMILES string of the molecule is C[C@H]1CCc2[nH]c3ccc(C(=O)NC[C@H](c4ccco4)N(C)C)cc3c2C1. The summed E-state index contributed by atoms with van der Waals surface area (Å²) in [5.74, 6) is 1.50. The van der Waals surface area contributed by atoms with Crippen molar-refractivity contribution in [2.45, 2.75) is 32.2 Å². The molecule has 0 fully saturated rings. The van der Waals surface area contributed by atoms with Gasteiger partial charge in [0.25, 0.3) is 5.91 Å². The molecule has 0 saturated carbocycles. The first-order valence-electron chi connectivity index (χ1n) is 9.64. The molecule has 27 heavy (non-hydrogen) atoms. The number of aromatic amines is 1. The van der Waals surface area contributed by atoms with Crippen molar-refractivity contribution < 1.29 is 9.21 Å². The summed E-state index contributed by atoms with van der Waals surface area (Å²) in [4.78, 5) is 18.4. The van der Waals surface area contributed by atoms with Gasteiger partial charge in [-0.05, 0) is 75.2 Å². The minimum Gasteiger partial charge on any atom is -0.468 e. The Morgan fingerprint density at radius 2 is 2.22 bits per heavy atom. The fourth-order valence-electron chi connectivity index (χ4n) is 4.04. The van der Waals surface area contributed by atoms with Crippen molar-refractivity contribution in [2.75, 3.05) is 20.6 Å². The number of aromatic nitrogens is 1. The van der Waals surface area contributed by atoms with Crippen molar-refractivity contribution in [3.8, 4) is 0 Å². The third-order valence-corrected chi connectivity index (χ3v) is 5.65. The lowest BCUT2D eigenvalue weighted by atomic mass is 9.87. The summed E-state index contributed by atoms with van der Waals surface area (Å²) in [7, 11) is 3.97. The third-order valence-electron chi connectivity index (χ3n) is 5.65. The zero-order valence-electron chi connectivity index (χ0n) is 16.2. The number of likely N-dealkylation sites (N-methyl/N-ethyl adjacent to an activating group) is 1. The second kappa shape index (κ2) is 7.24. The van der Waals surface area contributed by atoms with E-state index in [1.165, 1.54) is 23.1 Å². The predicted octanol–water partition coefficient (Wildman–Crippen LogP) is 3.92. The maximum atomic E-state index is 12.8. The van der Waals surface area contributed by atoms with Crippen LogP contribution < -0.4 is 5.32 Å². The monoisotopic (exact) mass is 365 g/mol. The number of amides is 1. The summed E-state index contributed by atoms with van der Waals surface area (Å²) in [6.45, 7) is 2.80. The first kappa shape index (κ1) is 17.9. The first-order chi connectivity index (χ1) is 13.0. The van der Waals surface area contributed by atoms with Gasteiger partial charge in [-0.3, -0.25) is 9.69 Å². The summed E-state index contributed by atoms with van der Waals surface area (Å²) in [5, 5.41) is 4.26. The van der Waals surface area contributed by atoms with E-state index in [1.54, 1.807) is 6.26 Å². The third kappa shape index (κ3) is 3.52. The molecule has 0 aliphatic heterocycles. The summed E-state index contributed by atoms with van der Waals surface area (Å²) >= 11 is 0. The number of rotatable bonds is 5. The van der Waals surface area contributed by atoms with Gasteiger partial charge in [-0.25, -0.2) is 0 Å². The van der Waals surface area contributed by atoms with Crippen LogP contribution in [-0.2, 0) is 12.8 Å². The zero-order chi connectivity index (χ0) is 19.0. The van der Waals surface area contributed by atoms with E-state index in [1.807, 2.05) is 49.3 Å². The molecule has 0 bridgehead atoms. The molecule has 0 saturated heterocycles. The molecule has 5 nitrogen and oxygen atoms in total. The largest absolute Gasteiger partial charge is 0.468 e. The number of hydrogen-bond acceptors (Lipinski definition) is 3. The van der Waals surface area contributed by atoms with E-state index in [2.05, 4.69) is 17.2 Å². The Labute approximate surface area is 159 Å². The smallest absolute Gasteiger partial charge is 0.251 e. The second-order valence-corrected chi connectivity index (χ2v) is 7.90. The van der Waals surface area contributed by atoms with E-state index in [4.69, 9.17) is 4.42 Å². The molecule has 5 heteroatoms. The van der Waals surface area contributed by atoms with Crippen molar-refractivity contribution >= 4 is 16.8 Å². The molecule has 2 aromatic heterocycles. The minimum atomic E-state index is -0.0471. The van der Waals surface area contributed by atoms with E-state index < -0.39 is 0 Å². The van der Waals surface area contributed by atoms with Crippen molar-refractivity contribution in [1.82, 2.24) is 15.2 Å². The van der Waals surface area contributed by atoms with Gasteiger partial charge in [-0.15, -0.1) is 0 Å². The van der Waals surface area contributed by atoms with Crippen molar-refractivity contribution in [3.05, 3.63) is 59.2 Å². The lowest BCUT2D eigenvalue weighted by molar-refractivity contribution is 0.0939. The van der Waals surface area contributed by atoms with Crippen molar-refractivity contribution in [1.29, 1.82) is 0 Å². The molecule has 1 aromatic carbocycles. The van der Waals surface area contributed by atoms with E-state index in [0.29, 0.717) is 18.0 Å². The molecule has 4 rings (SSSR count). The Morgan fingerprint density at radius 3 is 2.96 bits per heavy atom. The van der Waals surface area contributed by atoms with Gasteiger partial charge in [0.2, 0.25) is 0 Å². The summed E-state index contributed by atoms with van der Waals surface area (Å²) in [6, 6.07) is 9.79. The summed E-state index contributed by atoms with van der Waals surface area (Å²) in [5.41, 5.74) is 4.57. The number of benzene rings is 1. The van der Waals surface area contributed by atoms with Gasteiger partial charge in [0.15, 0.2) is 0 Å². The van der Waals surface area contributed by atoms with Gasteiger partial charge in [0.1, 0.15) is 5.76 Å². The summed E-state index contributed by atoms with van der Waals surface area (Å²) in [6.07, 6.45) is 5.07. The van der Waals surface area contributed by atoms with Crippen LogP contribution in [0.2, 0.25) is 0 Å². The number of fused-ring (bicyclic) bond motifs is 3. The molecule has 0 spiro atoms. The van der Waals surface area contributed by atoms with Crippen LogP contribution in [0, 0.1) is 5.92 Å².